The van der Waals surface area contributed by atoms with E-state index in [1.54, 1.807) is 0 Å². The number of pyridine rings is 1. The highest BCUT2D eigenvalue weighted by atomic mass is 16.2. The summed E-state index contributed by atoms with van der Waals surface area (Å²) >= 11 is 0. The molecule has 0 spiro atoms. The van der Waals surface area contributed by atoms with E-state index in [9.17, 15) is 14.4 Å². The fourth-order valence-corrected chi connectivity index (χ4v) is 4.76. The third-order valence-corrected chi connectivity index (χ3v) is 6.18. The maximum atomic E-state index is 13.8. The Morgan fingerprint density at radius 2 is 1.88 bits per heavy atom. The molecule has 0 aliphatic carbocycles. The van der Waals surface area contributed by atoms with Crippen LogP contribution in [0.2, 0.25) is 0 Å². The summed E-state index contributed by atoms with van der Waals surface area (Å²) in [6.07, 6.45) is 0.146. The van der Waals surface area contributed by atoms with Gasteiger partial charge in [0.05, 0.1) is 11.2 Å². The van der Waals surface area contributed by atoms with E-state index in [-0.39, 0.29) is 29.4 Å². The number of carbonyl (C=O) groups excluding carboxylic acids is 1. The first kappa shape index (κ1) is 21.8. The quantitative estimate of drug-likeness (QED) is 0.488. The minimum Gasteiger partial charge on any atom is -0.310 e. The molecule has 0 saturated heterocycles. The summed E-state index contributed by atoms with van der Waals surface area (Å²) in [7, 11) is 0. The lowest BCUT2D eigenvalue weighted by Crippen LogP contribution is -2.32. The predicted molar refractivity (Wildman–Crippen MR) is 130 cm³/mol. The molecule has 4 heterocycles. The van der Waals surface area contributed by atoms with Crippen molar-refractivity contribution in [1.82, 2.24) is 24.5 Å². The lowest BCUT2D eigenvalue weighted by Gasteiger charge is -2.25. The van der Waals surface area contributed by atoms with Gasteiger partial charge in [-0.25, -0.2) is 5.10 Å². The molecule has 1 atom stereocenters. The largest absolute Gasteiger partial charge is 0.310 e. The third-order valence-electron chi connectivity index (χ3n) is 6.18. The first-order chi connectivity index (χ1) is 16.2. The molecule has 0 fully saturated rings. The second kappa shape index (κ2) is 8.09. The van der Waals surface area contributed by atoms with Crippen molar-refractivity contribution >= 4 is 22.6 Å². The van der Waals surface area contributed by atoms with Gasteiger partial charge >= 0.3 is 0 Å². The van der Waals surface area contributed by atoms with Gasteiger partial charge in [-0.05, 0) is 49.4 Å². The summed E-state index contributed by atoms with van der Waals surface area (Å²) in [5.74, 6) is 0.463. The number of hydrogen-bond acceptors (Lipinski definition) is 5. The van der Waals surface area contributed by atoms with Gasteiger partial charge in [0, 0.05) is 36.1 Å². The number of anilines is 1. The third kappa shape index (κ3) is 3.63. The van der Waals surface area contributed by atoms with Gasteiger partial charge in [-0.1, -0.05) is 25.5 Å². The molecule has 0 radical (unpaired) electrons. The molecule has 0 bridgehead atoms. The molecular formula is C25H26N6O3. The van der Waals surface area contributed by atoms with E-state index in [1.807, 2.05) is 36.6 Å². The number of amides is 1. The maximum Gasteiger partial charge on any atom is 0.264 e. The highest BCUT2D eigenvalue weighted by Gasteiger charge is 2.35. The molecule has 3 aromatic heterocycles. The monoisotopic (exact) mass is 458 g/mol. The minimum atomic E-state index is -0.448. The van der Waals surface area contributed by atoms with Gasteiger partial charge in [0.15, 0.2) is 5.82 Å². The molecule has 4 aromatic rings. The number of nitrogens with one attached hydrogen (secondary N) is 2. The van der Waals surface area contributed by atoms with Crippen LogP contribution in [0.25, 0.3) is 16.7 Å². The number of aromatic nitrogens is 5. The van der Waals surface area contributed by atoms with Gasteiger partial charge in [0.1, 0.15) is 5.82 Å². The zero-order valence-corrected chi connectivity index (χ0v) is 19.5. The Kier molecular flexibility index (Phi) is 5.19. The second-order valence-electron chi connectivity index (χ2n) is 9.32. The lowest BCUT2D eigenvalue weighted by molar-refractivity contribution is -0.116. The standard InChI is InChI=1S/C25H26N6O3/c1-13(2)12-30-19-6-5-14(3)9-16(19)10-18(25(30)34)17-11-22(33)26-24-23(17)15(4)29-31(24)20-7-8-21(32)28-27-20/h5-10,13,17H,11-12H2,1-4H3,(H,26,33)(H,28,32)/t17-/m0/s1. The number of benzene rings is 1. The van der Waals surface area contributed by atoms with Crippen molar-refractivity contribution in [3.05, 3.63) is 79.5 Å². The second-order valence-corrected chi connectivity index (χ2v) is 9.32. The first-order valence-electron chi connectivity index (χ1n) is 11.3. The van der Waals surface area contributed by atoms with Crippen molar-refractivity contribution in [2.24, 2.45) is 5.92 Å². The first-order valence-corrected chi connectivity index (χ1v) is 11.3. The topological polar surface area (TPSA) is 115 Å². The molecule has 0 unspecified atom stereocenters. The van der Waals surface area contributed by atoms with Crippen LogP contribution < -0.4 is 16.4 Å². The Morgan fingerprint density at radius 1 is 1.09 bits per heavy atom. The van der Waals surface area contributed by atoms with Gasteiger partial charge in [-0.3, -0.25) is 14.4 Å². The molecule has 0 saturated carbocycles. The summed E-state index contributed by atoms with van der Waals surface area (Å²) in [6, 6.07) is 10.9. The number of aromatic amines is 1. The molecule has 5 rings (SSSR count). The number of fused-ring (bicyclic) bond motifs is 2. The van der Waals surface area contributed by atoms with Gasteiger partial charge in [-0.15, -0.1) is 0 Å². The Balaban J connectivity index is 1.75. The van der Waals surface area contributed by atoms with E-state index in [0.717, 1.165) is 22.0 Å². The highest BCUT2D eigenvalue weighted by molar-refractivity contribution is 5.95. The van der Waals surface area contributed by atoms with Crippen LogP contribution in [0.5, 0.6) is 0 Å². The van der Waals surface area contributed by atoms with Gasteiger partial charge < -0.3 is 9.88 Å². The number of aryl methyl sites for hydroxylation is 2. The molecule has 2 N–H and O–H groups in total. The Hall–Kier alpha value is -4.01. The van der Waals surface area contributed by atoms with E-state index in [2.05, 4.69) is 40.5 Å². The van der Waals surface area contributed by atoms with Crippen LogP contribution in [0.1, 0.15) is 48.6 Å². The molecule has 34 heavy (non-hydrogen) atoms. The number of nitrogens with zero attached hydrogens (tertiary/aromatic N) is 4. The SMILES string of the molecule is Cc1ccc2c(c1)cc([C@@H]1CC(=O)Nc3c1c(C)nn3-c1ccc(=O)[nH]n1)c(=O)n2CC(C)C. The average molecular weight is 459 g/mol. The summed E-state index contributed by atoms with van der Waals surface area (Å²) in [6.45, 7) is 8.61. The number of H-pyrrole nitrogens is 1. The van der Waals surface area contributed by atoms with Crippen molar-refractivity contribution in [1.29, 1.82) is 0 Å². The van der Waals surface area contributed by atoms with Crippen molar-refractivity contribution in [2.75, 3.05) is 5.32 Å². The van der Waals surface area contributed by atoms with E-state index in [4.69, 9.17) is 0 Å². The number of rotatable bonds is 4. The number of carbonyl (C=O) groups is 1. The van der Waals surface area contributed by atoms with Crippen LogP contribution in [0.15, 0.2) is 46.0 Å². The molecule has 1 aliphatic rings. The van der Waals surface area contributed by atoms with Crippen LogP contribution in [0.4, 0.5) is 5.82 Å². The van der Waals surface area contributed by atoms with E-state index in [1.165, 1.54) is 16.8 Å². The molecule has 1 amide bonds. The van der Waals surface area contributed by atoms with Crippen LogP contribution in [-0.4, -0.2) is 30.5 Å². The van der Waals surface area contributed by atoms with Crippen molar-refractivity contribution in [3.8, 4) is 5.82 Å². The smallest absolute Gasteiger partial charge is 0.264 e. The lowest BCUT2D eigenvalue weighted by atomic mass is 9.85. The van der Waals surface area contributed by atoms with Crippen LogP contribution in [-0.2, 0) is 11.3 Å². The van der Waals surface area contributed by atoms with Crippen molar-refractivity contribution < 1.29 is 4.79 Å². The zero-order valence-electron chi connectivity index (χ0n) is 19.5. The fraction of sp³-hybridized carbons (Fsp3) is 0.320. The molecular weight excluding hydrogens is 432 g/mol. The molecule has 1 aromatic carbocycles. The Morgan fingerprint density at radius 3 is 2.59 bits per heavy atom. The van der Waals surface area contributed by atoms with Crippen LogP contribution in [0.3, 0.4) is 0 Å². The number of hydrogen-bond donors (Lipinski definition) is 2. The Labute approximate surface area is 195 Å². The van der Waals surface area contributed by atoms with E-state index >= 15 is 0 Å². The summed E-state index contributed by atoms with van der Waals surface area (Å²) in [5, 5.41) is 14.9. The molecule has 1 aliphatic heterocycles. The van der Waals surface area contributed by atoms with Crippen LogP contribution in [0, 0.1) is 19.8 Å². The van der Waals surface area contributed by atoms with Gasteiger partial charge in [0.25, 0.3) is 11.1 Å². The zero-order chi connectivity index (χ0) is 24.1. The highest BCUT2D eigenvalue weighted by Crippen LogP contribution is 2.39. The van der Waals surface area contributed by atoms with Crippen LogP contribution >= 0.6 is 0 Å². The maximum absolute atomic E-state index is 13.8. The average Bonchev–Trinajstić information content (AvgIpc) is 3.11. The molecule has 174 valence electrons. The van der Waals surface area contributed by atoms with Crippen molar-refractivity contribution in [3.63, 3.8) is 0 Å². The predicted octanol–water partition coefficient (Wildman–Crippen LogP) is 3.02. The summed E-state index contributed by atoms with van der Waals surface area (Å²) < 4.78 is 3.33. The fourth-order valence-electron chi connectivity index (χ4n) is 4.76. The molecule has 9 heteroatoms. The van der Waals surface area contributed by atoms with Gasteiger partial charge in [-0.2, -0.15) is 14.9 Å². The summed E-state index contributed by atoms with van der Waals surface area (Å²) in [5.41, 5.74) is 3.61. The van der Waals surface area contributed by atoms with Gasteiger partial charge in [0.2, 0.25) is 5.91 Å². The summed E-state index contributed by atoms with van der Waals surface area (Å²) in [4.78, 5) is 38.1. The Bertz CT molecular complexity index is 1540. The van der Waals surface area contributed by atoms with E-state index < -0.39 is 5.92 Å². The van der Waals surface area contributed by atoms with Crippen molar-refractivity contribution in [2.45, 2.75) is 46.6 Å². The molecule has 9 nitrogen and oxygen atoms in total. The van der Waals surface area contributed by atoms with E-state index in [0.29, 0.717) is 29.4 Å². The normalized spacial score (nSPS) is 15.6. The minimum absolute atomic E-state index is 0.0926.